The summed E-state index contributed by atoms with van der Waals surface area (Å²) in [4.78, 5) is 31.8. The molecular formula is C30H55NO6P+. The molecule has 0 aliphatic heterocycles. The highest BCUT2D eigenvalue weighted by atomic mass is 31.2. The number of hydrogen-bond acceptors (Lipinski definition) is 3. The second kappa shape index (κ2) is 20.4. The summed E-state index contributed by atoms with van der Waals surface area (Å²) in [7, 11) is 0.719. The molecule has 2 unspecified atom stereocenters. The summed E-state index contributed by atoms with van der Waals surface area (Å²) in [5, 5.41) is 10.3. The van der Waals surface area contributed by atoms with Crippen LogP contribution in [0.3, 0.4) is 0 Å². The van der Waals surface area contributed by atoms with Crippen LogP contribution in [-0.2, 0) is 13.9 Å². The number of phosphoric ester groups is 1. The number of carbonyl (C=O) groups is 1. The van der Waals surface area contributed by atoms with Crippen LogP contribution in [0.15, 0.2) is 48.6 Å². The van der Waals surface area contributed by atoms with E-state index in [1.54, 1.807) is 0 Å². The van der Waals surface area contributed by atoms with E-state index < -0.39 is 25.3 Å². The first kappa shape index (κ1) is 36.5. The quantitative estimate of drug-likeness (QED) is 0.0519. The van der Waals surface area contributed by atoms with E-state index in [0.717, 1.165) is 38.5 Å². The molecule has 0 aromatic heterocycles. The molecule has 0 bridgehead atoms. The van der Waals surface area contributed by atoms with Crippen LogP contribution in [0.1, 0.15) is 97.3 Å². The van der Waals surface area contributed by atoms with Crippen molar-refractivity contribution in [3.8, 4) is 0 Å². The highest BCUT2D eigenvalue weighted by Crippen LogP contribution is 2.46. The van der Waals surface area contributed by atoms with Gasteiger partial charge >= 0.3 is 13.8 Å². The van der Waals surface area contributed by atoms with Crippen LogP contribution in [0.4, 0.5) is 0 Å². The fourth-order valence-electron chi connectivity index (χ4n) is 4.36. The number of unbranched alkanes of at least 4 members (excludes halogenated alkanes) is 5. The van der Waals surface area contributed by atoms with E-state index in [-0.39, 0.29) is 13.0 Å². The Morgan fingerprint density at radius 2 is 1.26 bits per heavy atom. The van der Waals surface area contributed by atoms with Gasteiger partial charge in [0.15, 0.2) is 0 Å². The standard InChI is InChI=1S/C30H54NO6P/c1-6-8-10-11-12-13-14-15-16-17-18-19-20-21-22-24-26-30(29(32)33,25-23-9-7-2)28(27-31(3,4)5)37-38(34,35)36/h12-13,15-16,18-19,21-22,28H,6-11,14,17,20,23-27H2,1-5H3,(H2-,32,33,34,35,36)/p+1/b13-12-,16-15-,19-18-,22-21-. The number of carboxylic acids is 1. The lowest BCUT2D eigenvalue weighted by atomic mass is 9.73. The van der Waals surface area contributed by atoms with Crippen molar-refractivity contribution in [1.82, 2.24) is 0 Å². The Bertz CT molecular complexity index is 793. The van der Waals surface area contributed by atoms with E-state index in [0.29, 0.717) is 23.7 Å². The number of phosphoric acid groups is 1. The van der Waals surface area contributed by atoms with Gasteiger partial charge in [-0.05, 0) is 51.4 Å². The van der Waals surface area contributed by atoms with Gasteiger partial charge in [-0.1, -0.05) is 94.6 Å². The molecular weight excluding hydrogens is 501 g/mol. The number of hydrogen-bond donors (Lipinski definition) is 3. The smallest absolute Gasteiger partial charge is 0.470 e. The van der Waals surface area contributed by atoms with Crippen LogP contribution in [-0.4, -0.2) is 59.1 Å². The largest absolute Gasteiger partial charge is 0.481 e. The number of aliphatic carboxylic acids is 1. The maximum Gasteiger partial charge on any atom is 0.470 e. The molecule has 0 saturated carbocycles. The zero-order valence-corrected chi connectivity index (χ0v) is 25.5. The average molecular weight is 557 g/mol. The maximum atomic E-state index is 12.6. The van der Waals surface area contributed by atoms with Gasteiger partial charge in [0.2, 0.25) is 0 Å². The molecule has 0 radical (unpaired) electrons. The van der Waals surface area contributed by atoms with Crippen LogP contribution >= 0.6 is 7.82 Å². The molecule has 7 nitrogen and oxygen atoms in total. The van der Waals surface area contributed by atoms with Crippen LogP contribution in [0, 0.1) is 5.41 Å². The van der Waals surface area contributed by atoms with Gasteiger partial charge in [0, 0.05) is 0 Å². The fraction of sp³-hybridized carbons (Fsp3) is 0.700. The van der Waals surface area contributed by atoms with Gasteiger partial charge in [-0.15, -0.1) is 0 Å². The highest BCUT2D eigenvalue weighted by molar-refractivity contribution is 7.46. The van der Waals surface area contributed by atoms with Crippen molar-refractivity contribution in [2.24, 2.45) is 5.41 Å². The Morgan fingerprint density at radius 3 is 1.71 bits per heavy atom. The Morgan fingerprint density at radius 1 is 0.789 bits per heavy atom. The molecule has 0 aromatic carbocycles. The predicted octanol–water partition coefficient (Wildman–Crippen LogP) is 7.58. The number of quaternary nitrogens is 1. The summed E-state index contributed by atoms with van der Waals surface area (Å²) in [6, 6.07) is 0. The minimum atomic E-state index is -4.87. The second-order valence-electron chi connectivity index (χ2n) is 11.1. The Hall–Kier alpha value is -1.50. The third-order valence-electron chi connectivity index (χ3n) is 6.46. The number of carboxylic acid groups (broad SMARTS) is 1. The summed E-state index contributed by atoms with van der Waals surface area (Å²) in [5.74, 6) is -1.06. The van der Waals surface area contributed by atoms with Crippen LogP contribution in [0.2, 0.25) is 0 Å². The van der Waals surface area contributed by atoms with Gasteiger partial charge < -0.3 is 19.4 Å². The van der Waals surface area contributed by atoms with Crippen molar-refractivity contribution in [3.63, 3.8) is 0 Å². The number of allylic oxidation sites excluding steroid dienone is 8. The Balaban J connectivity index is 5.03. The van der Waals surface area contributed by atoms with Crippen molar-refractivity contribution < 1.29 is 33.3 Å². The molecule has 0 rings (SSSR count). The predicted molar refractivity (Wildman–Crippen MR) is 158 cm³/mol. The average Bonchev–Trinajstić information content (AvgIpc) is 2.80. The molecule has 0 aromatic rings. The van der Waals surface area contributed by atoms with Gasteiger partial charge in [0.25, 0.3) is 0 Å². The van der Waals surface area contributed by atoms with Gasteiger partial charge in [0.05, 0.1) is 21.1 Å². The van der Waals surface area contributed by atoms with Gasteiger partial charge in [-0.3, -0.25) is 9.32 Å². The van der Waals surface area contributed by atoms with Crippen LogP contribution in [0.5, 0.6) is 0 Å². The normalized spacial score (nSPS) is 15.8. The van der Waals surface area contributed by atoms with E-state index in [1.807, 2.05) is 40.2 Å². The first-order valence-electron chi connectivity index (χ1n) is 14.3. The van der Waals surface area contributed by atoms with E-state index >= 15 is 0 Å². The fourth-order valence-corrected chi connectivity index (χ4v) is 4.96. The third-order valence-corrected chi connectivity index (χ3v) is 6.99. The van der Waals surface area contributed by atoms with Crippen molar-refractivity contribution in [2.75, 3.05) is 27.7 Å². The molecule has 220 valence electrons. The summed E-state index contributed by atoms with van der Waals surface area (Å²) in [6.07, 6.45) is 26.9. The van der Waals surface area contributed by atoms with Crippen LogP contribution in [0.25, 0.3) is 0 Å². The molecule has 0 aliphatic rings. The van der Waals surface area contributed by atoms with Gasteiger partial charge in [-0.25, -0.2) is 4.57 Å². The van der Waals surface area contributed by atoms with Gasteiger partial charge in [0.1, 0.15) is 18.1 Å². The topological polar surface area (TPSA) is 104 Å². The second-order valence-corrected chi connectivity index (χ2v) is 12.3. The lowest BCUT2D eigenvalue weighted by Gasteiger charge is -2.40. The zero-order chi connectivity index (χ0) is 28.9. The molecule has 8 heteroatoms. The van der Waals surface area contributed by atoms with Gasteiger partial charge in [-0.2, -0.15) is 0 Å². The Labute approximate surface area is 232 Å². The van der Waals surface area contributed by atoms with Crippen molar-refractivity contribution >= 4 is 13.8 Å². The van der Waals surface area contributed by atoms with E-state index in [4.69, 9.17) is 4.52 Å². The van der Waals surface area contributed by atoms with Crippen molar-refractivity contribution in [2.45, 2.75) is 103 Å². The van der Waals surface area contributed by atoms with Crippen molar-refractivity contribution in [1.29, 1.82) is 0 Å². The molecule has 0 spiro atoms. The summed E-state index contributed by atoms with van der Waals surface area (Å²) < 4.78 is 17.3. The monoisotopic (exact) mass is 556 g/mol. The zero-order valence-electron chi connectivity index (χ0n) is 24.6. The van der Waals surface area contributed by atoms with E-state index in [1.165, 1.54) is 19.3 Å². The lowest BCUT2D eigenvalue weighted by molar-refractivity contribution is -0.874. The number of nitrogens with zero attached hydrogens (tertiary/aromatic N) is 1. The summed E-state index contributed by atoms with van der Waals surface area (Å²) in [5.41, 5.74) is -1.38. The van der Waals surface area contributed by atoms with Crippen LogP contribution < -0.4 is 0 Å². The number of rotatable bonds is 23. The molecule has 0 amide bonds. The molecule has 38 heavy (non-hydrogen) atoms. The lowest BCUT2D eigenvalue weighted by Crippen LogP contribution is -2.53. The maximum absolute atomic E-state index is 12.6. The molecule has 0 heterocycles. The highest BCUT2D eigenvalue weighted by Gasteiger charge is 2.50. The van der Waals surface area contributed by atoms with E-state index in [2.05, 4.69) is 43.4 Å². The minimum absolute atomic E-state index is 0.179. The Kier molecular flexibility index (Phi) is 19.6. The number of likely N-dealkylation sites (N-methyl/N-ethyl adjacent to an activating group) is 1. The third kappa shape index (κ3) is 18.7. The van der Waals surface area contributed by atoms with Crippen molar-refractivity contribution in [3.05, 3.63) is 48.6 Å². The summed E-state index contributed by atoms with van der Waals surface area (Å²) >= 11 is 0. The molecule has 0 fully saturated rings. The minimum Gasteiger partial charge on any atom is -0.481 e. The molecule has 0 saturated heterocycles. The molecule has 0 aliphatic carbocycles. The summed E-state index contributed by atoms with van der Waals surface area (Å²) in [6.45, 7) is 4.43. The molecule has 3 N–H and O–H groups in total. The molecule has 2 atom stereocenters. The SMILES string of the molecule is CCCCC/C=C\C/C=C\C/C=C\C/C=C\CCC(CCCCC)(C(=O)O)C(C[N+](C)(C)C)OP(=O)(O)O. The first-order valence-corrected chi connectivity index (χ1v) is 15.8. The first-order chi connectivity index (χ1) is 17.9. The van der Waals surface area contributed by atoms with E-state index in [9.17, 15) is 24.3 Å².